The van der Waals surface area contributed by atoms with Crippen molar-refractivity contribution in [3.05, 3.63) is 101 Å². The number of hydrogen-bond acceptors (Lipinski definition) is 6. The largest absolute Gasteiger partial charge is 0.456 e. The predicted octanol–water partition coefficient (Wildman–Crippen LogP) is 9.33. The molecule has 3 aromatic rings. The average molecular weight is 697 g/mol. The second-order valence-corrected chi connectivity index (χ2v) is 15.8. The van der Waals surface area contributed by atoms with E-state index < -0.39 is 21.7 Å². The second kappa shape index (κ2) is 15.5. The Morgan fingerprint density at radius 1 is 0.880 bits per heavy atom. The Kier molecular flexibility index (Phi) is 11.4. The number of rotatable bonds is 12. The van der Waals surface area contributed by atoms with Gasteiger partial charge in [0.25, 0.3) is 0 Å². The predicted molar refractivity (Wildman–Crippen MR) is 204 cm³/mol. The summed E-state index contributed by atoms with van der Waals surface area (Å²) < 4.78 is 41.6. The molecule has 0 fully saturated rings. The van der Waals surface area contributed by atoms with Crippen LogP contribution < -0.4 is 15.2 Å². The van der Waals surface area contributed by atoms with Crippen molar-refractivity contribution >= 4 is 38.5 Å². The maximum atomic E-state index is 13.3. The van der Waals surface area contributed by atoms with Crippen molar-refractivity contribution in [1.29, 1.82) is 0 Å². The van der Waals surface area contributed by atoms with Gasteiger partial charge in [-0.05, 0) is 74.7 Å². The molecule has 50 heavy (non-hydrogen) atoms. The third kappa shape index (κ3) is 8.74. The number of para-hydroxylation sites is 1. The number of hydrogen-bond donors (Lipinski definition) is 1. The number of sulfonamides is 1. The van der Waals surface area contributed by atoms with Gasteiger partial charge in [-0.15, -0.1) is 0 Å². The Morgan fingerprint density at radius 2 is 1.54 bits per heavy atom. The summed E-state index contributed by atoms with van der Waals surface area (Å²) in [6.45, 7) is 13.4. The summed E-state index contributed by atoms with van der Waals surface area (Å²) in [5.41, 5.74) is 5.97. The summed E-state index contributed by atoms with van der Waals surface area (Å²) in [4.78, 5) is 13.3. The fraction of sp³-hybridized carbons (Fsp3) is 0.366. The molecule has 1 aliphatic carbocycles. The Hall–Kier alpha value is -4.63. The van der Waals surface area contributed by atoms with Crippen LogP contribution in [-0.2, 0) is 21.3 Å². The number of carbonyl (C=O) groups excluding carboxylic acids is 1. The van der Waals surface area contributed by atoms with E-state index in [0.717, 1.165) is 99.5 Å². The molecule has 0 unspecified atom stereocenters. The zero-order chi connectivity index (χ0) is 36.1. The van der Waals surface area contributed by atoms with E-state index in [9.17, 15) is 13.2 Å². The molecular weight excluding hydrogens is 647 g/mol. The first-order valence-electron chi connectivity index (χ1n) is 17.5. The molecule has 0 atom stereocenters. The van der Waals surface area contributed by atoms with Gasteiger partial charge in [0.2, 0.25) is 15.4 Å². The van der Waals surface area contributed by atoms with Crippen LogP contribution >= 0.6 is 0 Å². The van der Waals surface area contributed by atoms with Crippen molar-refractivity contribution in [3.8, 4) is 22.5 Å². The molecule has 8 nitrogen and oxygen atoms in total. The van der Waals surface area contributed by atoms with E-state index in [1.165, 1.54) is 0 Å². The molecule has 1 heterocycles. The number of unbranched alkanes of at least 4 members (excludes halogenated alkanes) is 2. The number of carbonyl (C=O) groups is 1. The molecule has 9 heteroatoms. The number of aryl methyl sites for hydroxylation is 1. The molecule has 0 bridgehead atoms. The fourth-order valence-electron chi connectivity index (χ4n) is 6.08. The molecule has 264 valence electrons. The number of nitrogens with one attached hydrogen (secondary N) is 1. The fourth-order valence-corrected chi connectivity index (χ4v) is 6.76. The number of benzene rings is 4. The van der Waals surface area contributed by atoms with Crippen LogP contribution in [0.4, 0.5) is 16.2 Å². The zero-order valence-electron chi connectivity index (χ0n) is 30.4. The summed E-state index contributed by atoms with van der Waals surface area (Å²) >= 11 is 0. The van der Waals surface area contributed by atoms with Gasteiger partial charge in [-0.1, -0.05) is 69.2 Å². The van der Waals surface area contributed by atoms with Crippen LogP contribution in [0.3, 0.4) is 0 Å². The number of fused-ring (bicyclic) bond motifs is 2. The van der Waals surface area contributed by atoms with E-state index in [2.05, 4.69) is 54.9 Å². The summed E-state index contributed by atoms with van der Waals surface area (Å²) in [5.74, 6) is 0.730. The van der Waals surface area contributed by atoms with Crippen LogP contribution in [0.5, 0.6) is 0 Å². The Labute approximate surface area is 296 Å². The SMILES string of the molecule is CCCC[N+](CCCC)=c1ccc2c(-c3ccccc3CN(C(=O)OC(C)(C)C)S(C)(=O)=O)c3cc(Nc4ccccc4)c(C)cc3oc-2c1. The molecular formula is C41H50N3O5S+. The van der Waals surface area contributed by atoms with E-state index in [1.54, 1.807) is 20.8 Å². The monoisotopic (exact) mass is 696 g/mol. The van der Waals surface area contributed by atoms with Crippen molar-refractivity contribution in [2.45, 2.75) is 79.4 Å². The van der Waals surface area contributed by atoms with Crippen LogP contribution in [0.25, 0.3) is 33.4 Å². The van der Waals surface area contributed by atoms with Crippen molar-refractivity contribution in [1.82, 2.24) is 8.88 Å². The Morgan fingerprint density at radius 3 is 2.18 bits per heavy atom. The number of ether oxygens (including phenoxy) is 1. The van der Waals surface area contributed by atoms with Gasteiger partial charge in [0.05, 0.1) is 18.9 Å². The lowest BCUT2D eigenvalue weighted by Crippen LogP contribution is -2.39. The molecule has 2 aliphatic rings. The minimum Gasteiger partial charge on any atom is -0.456 e. The van der Waals surface area contributed by atoms with Gasteiger partial charge in [0, 0.05) is 46.8 Å². The van der Waals surface area contributed by atoms with Gasteiger partial charge >= 0.3 is 6.09 Å². The number of nitrogens with zero attached hydrogens (tertiary/aromatic N) is 2. The number of anilines is 2. The summed E-state index contributed by atoms with van der Waals surface area (Å²) in [6.07, 6.45) is 4.53. The topological polar surface area (TPSA) is 91.9 Å². The van der Waals surface area contributed by atoms with Gasteiger partial charge in [0.15, 0.2) is 0 Å². The summed E-state index contributed by atoms with van der Waals surface area (Å²) in [7, 11) is -3.97. The average Bonchev–Trinajstić information content (AvgIpc) is 3.06. The van der Waals surface area contributed by atoms with E-state index in [0.29, 0.717) is 11.1 Å². The van der Waals surface area contributed by atoms with Gasteiger partial charge in [0.1, 0.15) is 30.0 Å². The quantitative estimate of drug-likeness (QED) is 0.103. The molecule has 5 rings (SSSR count). The third-order valence-corrected chi connectivity index (χ3v) is 9.71. The maximum absolute atomic E-state index is 13.3. The van der Waals surface area contributed by atoms with Gasteiger partial charge in [-0.3, -0.25) is 0 Å². The van der Waals surface area contributed by atoms with Gasteiger partial charge in [-0.2, -0.15) is 0 Å². The Balaban J connectivity index is 1.78. The van der Waals surface area contributed by atoms with Crippen molar-refractivity contribution in [2.75, 3.05) is 24.7 Å². The zero-order valence-corrected chi connectivity index (χ0v) is 31.2. The molecule has 1 amide bonds. The van der Waals surface area contributed by atoms with E-state index in [-0.39, 0.29) is 6.54 Å². The third-order valence-electron chi connectivity index (χ3n) is 8.63. The first-order valence-corrected chi connectivity index (χ1v) is 19.3. The molecule has 1 aliphatic heterocycles. The second-order valence-electron chi connectivity index (χ2n) is 13.9. The molecule has 1 N–H and O–H groups in total. The summed E-state index contributed by atoms with van der Waals surface area (Å²) in [6, 6.07) is 28.2. The molecule has 0 radical (unpaired) electrons. The minimum absolute atomic E-state index is 0.195. The lowest BCUT2D eigenvalue weighted by Gasteiger charge is -2.27. The summed E-state index contributed by atoms with van der Waals surface area (Å²) in [5, 5.41) is 5.53. The van der Waals surface area contributed by atoms with Gasteiger partial charge in [-0.25, -0.2) is 22.1 Å². The lowest BCUT2D eigenvalue weighted by atomic mass is 9.90. The number of amides is 1. The van der Waals surface area contributed by atoms with Crippen molar-refractivity contribution in [2.24, 2.45) is 0 Å². The maximum Gasteiger partial charge on any atom is 0.424 e. The standard InChI is InChI=1S/C41H50N3O5S/c1-8-10-23-43(24-11-9-2)32-21-22-34-38(26-32)48-37-25-29(3)36(42-31-18-13-12-14-19-31)27-35(37)39(34)33-20-16-15-17-30(33)28-44(50(7,46)47)40(45)49-41(4,5)6/h12-22,25-27,42H,8-11,23-24,28H2,1-7H3/q+1. The first-order chi connectivity index (χ1) is 23.8. The van der Waals surface area contributed by atoms with Crippen LogP contribution in [0.2, 0.25) is 0 Å². The van der Waals surface area contributed by atoms with Gasteiger partial charge < -0.3 is 14.5 Å². The first kappa shape index (κ1) is 36.6. The van der Waals surface area contributed by atoms with E-state index >= 15 is 0 Å². The molecule has 0 spiro atoms. The van der Waals surface area contributed by atoms with Crippen LogP contribution in [0.1, 0.15) is 71.4 Å². The minimum atomic E-state index is -3.97. The van der Waals surface area contributed by atoms with E-state index in [1.807, 2.05) is 60.7 Å². The van der Waals surface area contributed by atoms with Crippen molar-refractivity contribution in [3.63, 3.8) is 0 Å². The highest BCUT2D eigenvalue weighted by atomic mass is 32.2. The molecule has 0 aromatic heterocycles. The van der Waals surface area contributed by atoms with E-state index in [4.69, 9.17) is 9.15 Å². The van der Waals surface area contributed by atoms with Crippen molar-refractivity contribution < 1.29 is 22.4 Å². The molecule has 3 aromatic carbocycles. The highest BCUT2D eigenvalue weighted by Crippen LogP contribution is 2.43. The normalized spacial score (nSPS) is 11.9. The smallest absolute Gasteiger partial charge is 0.424 e. The van der Waals surface area contributed by atoms with Crippen LogP contribution in [-0.4, -0.2) is 43.8 Å². The molecule has 0 saturated heterocycles. The lowest BCUT2D eigenvalue weighted by molar-refractivity contribution is 0.0383. The van der Waals surface area contributed by atoms with Crippen LogP contribution in [0, 0.1) is 6.92 Å². The Bertz CT molecular complexity index is 2100. The molecule has 0 saturated carbocycles. The highest BCUT2D eigenvalue weighted by molar-refractivity contribution is 7.88. The highest BCUT2D eigenvalue weighted by Gasteiger charge is 2.30. The van der Waals surface area contributed by atoms with Crippen LogP contribution in [0.15, 0.2) is 89.3 Å².